The molecule has 0 radical (unpaired) electrons. The first-order valence-electron chi connectivity index (χ1n) is 7.44. The van der Waals surface area contributed by atoms with Crippen molar-refractivity contribution in [2.75, 3.05) is 0 Å². The molecule has 2 fully saturated rings. The summed E-state index contributed by atoms with van der Waals surface area (Å²) in [5.74, 6) is -0.797. The van der Waals surface area contributed by atoms with Gasteiger partial charge in [-0.05, 0) is 31.2 Å². The molecule has 1 N–H and O–H groups in total. The summed E-state index contributed by atoms with van der Waals surface area (Å²) in [5.41, 5.74) is 2.48. The van der Waals surface area contributed by atoms with Crippen LogP contribution in [0.1, 0.15) is 37.7 Å². The Morgan fingerprint density at radius 1 is 1.20 bits per heavy atom. The smallest absolute Gasteiger partial charge is 0.328 e. The summed E-state index contributed by atoms with van der Waals surface area (Å²) in [6.45, 7) is 0.997. The fraction of sp³-hybridized carbons (Fsp3) is 0.471. The highest BCUT2D eigenvalue weighted by molar-refractivity contribution is 5.80. The van der Waals surface area contributed by atoms with Crippen molar-refractivity contribution in [2.45, 2.75) is 50.7 Å². The van der Waals surface area contributed by atoms with E-state index in [4.69, 9.17) is 5.11 Å². The van der Waals surface area contributed by atoms with E-state index in [-0.39, 0.29) is 0 Å². The average molecular weight is 271 g/mol. The van der Waals surface area contributed by atoms with E-state index in [1.165, 1.54) is 30.9 Å². The van der Waals surface area contributed by atoms with Crippen molar-refractivity contribution in [3.8, 4) is 0 Å². The number of rotatable bonds is 3. The third-order valence-electron chi connectivity index (χ3n) is 4.54. The van der Waals surface area contributed by atoms with Crippen LogP contribution in [-0.2, 0) is 11.3 Å². The van der Waals surface area contributed by atoms with E-state index in [1.807, 2.05) is 6.07 Å². The minimum Gasteiger partial charge on any atom is -0.478 e. The van der Waals surface area contributed by atoms with Crippen LogP contribution in [0.3, 0.4) is 0 Å². The largest absolute Gasteiger partial charge is 0.478 e. The Kier molecular flexibility index (Phi) is 3.88. The molecule has 0 aromatic heterocycles. The zero-order chi connectivity index (χ0) is 13.9. The summed E-state index contributed by atoms with van der Waals surface area (Å²) in [4.78, 5) is 13.5. The normalized spacial score (nSPS) is 26.3. The number of piperidine rings is 2. The monoisotopic (exact) mass is 271 g/mol. The second-order valence-corrected chi connectivity index (χ2v) is 5.95. The third-order valence-corrected chi connectivity index (χ3v) is 4.54. The van der Waals surface area contributed by atoms with Crippen molar-refractivity contribution < 1.29 is 9.90 Å². The lowest BCUT2D eigenvalue weighted by atomic mass is 9.81. The van der Waals surface area contributed by atoms with Crippen molar-refractivity contribution >= 4 is 5.97 Å². The number of carboxylic acid groups (broad SMARTS) is 1. The number of benzene rings is 1. The Morgan fingerprint density at radius 3 is 2.45 bits per heavy atom. The van der Waals surface area contributed by atoms with Crippen molar-refractivity contribution in [1.29, 1.82) is 0 Å². The maximum Gasteiger partial charge on any atom is 0.328 e. The number of carbonyl (C=O) groups is 1. The first-order chi connectivity index (χ1) is 9.72. The molecule has 1 aromatic rings. The molecule has 2 heterocycles. The van der Waals surface area contributed by atoms with Crippen molar-refractivity contribution in [2.24, 2.45) is 0 Å². The number of aliphatic carboxylic acids is 1. The summed E-state index contributed by atoms with van der Waals surface area (Å²) < 4.78 is 0. The van der Waals surface area contributed by atoms with Crippen LogP contribution >= 0.6 is 0 Å². The van der Waals surface area contributed by atoms with Gasteiger partial charge in [0.05, 0.1) is 0 Å². The number of carboxylic acids is 1. The van der Waals surface area contributed by atoms with E-state index in [1.54, 1.807) is 0 Å². The number of hydrogen-bond donors (Lipinski definition) is 1. The second-order valence-electron chi connectivity index (χ2n) is 5.95. The second kappa shape index (κ2) is 5.80. The maximum atomic E-state index is 10.9. The van der Waals surface area contributed by atoms with E-state index < -0.39 is 5.97 Å². The summed E-state index contributed by atoms with van der Waals surface area (Å²) in [6, 6.07) is 11.6. The van der Waals surface area contributed by atoms with Gasteiger partial charge in [-0.15, -0.1) is 0 Å². The summed E-state index contributed by atoms with van der Waals surface area (Å²) in [6.07, 6.45) is 6.96. The number of fused-ring (bicyclic) bond motifs is 2. The third kappa shape index (κ3) is 2.93. The summed E-state index contributed by atoms with van der Waals surface area (Å²) in [5, 5.41) is 8.94. The molecule has 0 spiro atoms. The lowest BCUT2D eigenvalue weighted by Crippen LogP contribution is -2.49. The molecule has 3 rings (SSSR count). The van der Waals surface area contributed by atoms with Gasteiger partial charge < -0.3 is 5.11 Å². The zero-order valence-corrected chi connectivity index (χ0v) is 11.7. The quantitative estimate of drug-likeness (QED) is 0.858. The standard InChI is InChI=1S/C17H21NO2/c19-17(20)11-14-9-15-7-4-8-16(10-14)18(15)12-13-5-2-1-3-6-13/h1-3,5-6,11,15-16H,4,7-10,12H2,(H,19,20). The van der Waals surface area contributed by atoms with Gasteiger partial charge in [-0.25, -0.2) is 4.79 Å². The topological polar surface area (TPSA) is 40.5 Å². The van der Waals surface area contributed by atoms with Crippen LogP contribution < -0.4 is 0 Å². The molecular formula is C17H21NO2. The number of nitrogens with zero attached hydrogens (tertiary/aromatic N) is 1. The van der Waals surface area contributed by atoms with Gasteiger partial charge in [0.2, 0.25) is 0 Å². The van der Waals surface area contributed by atoms with Gasteiger partial charge in [-0.1, -0.05) is 42.3 Å². The molecule has 106 valence electrons. The van der Waals surface area contributed by atoms with Crippen molar-refractivity contribution in [3.05, 3.63) is 47.5 Å². The van der Waals surface area contributed by atoms with Gasteiger partial charge in [0.1, 0.15) is 0 Å². The van der Waals surface area contributed by atoms with Crippen molar-refractivity contribution in [3.63, 3.8) is 0 Å². The Balaban J connectivity index is 1.75. The van der Waals surface area contributed by atoms with Crippen LogP contribution in [0.4, 0.5) is 0 Å². The van der Waals surface area contributed by atoms with E-state index >= 15 is 0 Å². The molecule has 1 aromatic carbocycles. The SMILES string of the molecule is O=C(O)C=C1CC2CCCC(C1)N2Cc1ccccc1. The molecule has 2 aliphatic rings. The van der Waals surface area contributed by atoms with Crippen LogP contribution in [-0.4, -0.2) is 28.1 Å². The molecule has 0 saturated carbocycles. The molecular weight excluding hydrogens is 250 g/mol. The zero-order valence-electron chi connectivity index (χ0n) is 11.7. The Hall–Kier alpha value is -1.61. The Bertz CT molecular complexity index is 493. The molecule has 2 atom stereocenters. The van der Waals surface area contributed by atoms with Gasteiger partial charge in [-0.3, -0.25) is 4.90 Å². The molecule has 2 bridgehead atoms. The van der Waals surface area contributed by atoms with Gasteiger partial charge in [0, 0.05) is 24.7 Å². The Labute approximate surface area is 119 Å². The number of hydrogen-bond acceptors (Lipinski definition) is 2. The van der Waals surface area contributed by atoms with Gasteiger partial charge in [-0.2, -0.15) is 0 Å². The lowest BCUT2D eigenvalue weighted by Gasteiger charge is -2.47. The molecule has 0 aliphatic carbocycles. The highest BCUT2D eigenvalue weighted by Gasteiger charge is 2.35. The minimum absolute atomic E-state index is 0.522. The van der Waals surface area contributed by atoms with Gasteiger partial charge in [0.25, 0.3) is 0 Å². The fourth-order valence-electron chi connectivity index (χ4n) is 3.69. The maximum absolute atomic E-state index is 10.9. The first-order valence-corrected chi connectivity index (χ1v) is 7.44. The van der Waals surface area contributed by atoms with Crippen LogP contribution in [0.2, 0.25) is 0 Å². The van der Waals surface area contributed by atoms with E-state index in [0.717, 1.165) is 25.0 Å². The highest BCUT2D eigenvalue weighted by atomic mass is 16.4. The minimum atomic E-state index is -0.797. The van der Waals surface area contributed by atoms with Crippen molar-refractivity contribution in [1.82, 2.24) is 4.90 Å². The van der Waals surface area contributed by atoms with E-state index in [0.29, 0.717) is 12.1 Å². The van der Waals surface area contributed by atoms with Gasteiger partial charge >= 0.3 is 5.97 Å². The van der Waals surface area contributed by atoms with Crippen LogP contribution in [0.15, 0.2) is 42.0 Å². The molecule has 2 aliphatic heterocycles. The predicted octanol–water partition coefficient (Wildman–Crippen LogP) is 3.21. The first kappa shape index (κ1) is 13.4. The molecule has 2 saturated heterocycles. The summed E-state index contributed by atoms with van der Waals surface area (Å²) in [7, 11) is 0. The molecule has 3 heteroatoms. The summed E-state index contributed by atoms with van der Waals surface area (Å²) >= 11 is 0. The molecule has 3 nitrogen and oxygen atoms in total. The lowest BCUT2D eigenvalue weighted by molar-refractivity contribution is -0.131. The average Bonchev–Trinajstić information content (AvgIpc) is 2.40. The van der Waals surface area contributed by atoms with E-state index in [9.17, 15) is 4.79 Å². The fourth-order valence-corrected chi connectivity index (χ4v) is 3.69. The highest BCUT2D eigenvalue weighted by Crippen LogP contribution is 2.37. The van der Waals surface area contributed by atoms with Crippen LogP contribution in [0, 0.1) is 0 Å². The molecule has 0 amide bonds. The molecule has 2 unspecified atom stereocenters. The Morgan fingerprint density at radius 2 is 1.85 bits per heavy atom. The van der Waals surface area contributed by atoms with Crippen LogP contribution in [0.5, 0.6) is 0 Å². The van der Waals surface area contributed by atoms with Crippen LogP contribution in [0.25, 0.3) is 0 Å². The van der Waals surface area contributed by atoms with Gasteiger partial charge in [0.15, 0.2) is 0 Å². The van der Waals surface area contributed by atoms with E-state index in [2.05, 4.69) is 29.2 Å². The predicted molar refractivity (Wildman–Crippen MR) is 78.4 cm³/mol. The molecule has 20 heavy (non-hydrogen) atoms.